The summed E-state index contributed by atoms with van der Waals surface area (Å²) in [5.74, 6) is 0.911. The molecule has 2 heterocycles. The largest absolute Gasteiger partial charge is 0.396 e. The van der Waals surface area contributed by atoms with Crippen molar-refractivity contribution in [3.8, 4) is 0 Å². The molecule has 1 saturated heterocycles. The van der Waals surface area contributed by atoms with E-state index < -0.39 is 0 Å². The van der Waals surface area contributed by atoms with Gasteiger partial charge in [-0.1, -0.05) is 18.2 Å². The van der Waals surface area contributed by atoms with Crippen LogP contribution in [0.3, 0.4) is 0 Å². The van der Waals surface area contributed by atoms with Crippen LogP contribution in [0.1, 0.15) is 25.7 Å². The standard InChI is InChI=1S/C16H20N2O2/c19-10-4-7-13-6-3-9-18(13)15-11-12-5-1-2-8-14(12)16(20)17-15/h1-2,5,8,11,13,19H,3-4,6-7,9-10H2,(H,17,20). The first kappa shape index (κ1) is 13.2. The molecule has 1 aromatic heterocycles. The maximum absolute atomic E-state index is 12.2. The highest BCUT2D eigenvalue weighted by molar-refractivity contribution is 5.83. The van der Waals surface area contributed by atoms with E-state index in [1.54, 1.807) is 0 Å². The molecule has 0 bridgehead atoms. The summed E-state index contributed by atoms with van der Waals surface area (Å²) in [5, 5.41) is 10.7. The van der Waals surface area contributed by atoms with Gasteiger partial charge in [0, 0.05) is 24.6 Å². The van der Waals surface area contributed by atoms with Crippen molar-refractivity contribution in [1.82, 2.24) is 4.98 Å². The Hall–Kier alpha value is -1.81. The van der Waals surface area contributed by atoms with E-state index in [1.807, 2.05) is 24.3 Å². The predicted molar refractivity (Wildman–Crippen MR) is 81.3 cm³/mol. The highest BCUT2D eigenvalue weighted by atomic mass is 16.2. The van der Waals surface area contributed by atoms with E-state index in [2.05, 4.69) is 16.0 Å². The fraction of sp³-hybridized carbons (Fsp3) is 0.438. The minimum absolute atomic E-state index is 0.0223. The number of pyridine rings is 1. The van der Waals surface area contributed by atoms with Gasteiger partial charge < -0.3 is 15.0 Å². The van der Waals surface area contributed by atoms with Crippen molar-refractivity contribution in [3.63, 3.8) is 0 Å². The molecule has 2 N–H and O–H groups in total. The molecule has 0 aliphatic carbocycles. The number of anilines is 1. The van der Waals surface area contributed by atoms with Gasteiger partial charge in [0.2, 0.25) is 0 Å². The van der Waals surface area contributed by atoms with E-state index in [0.29, 0.717) is 6.04 Å². The van der Waals surface area contributed by atoms with Gasteiger partial charge in [0.05, 0.1) is 0 Å². The van der Waals surface area contributed by atoms with Gasteiger partial charge in [0.25, 0.3) is 5.56 Å². The molecular weight excluding hydrogens is 252 g/mol. The summed E-state index contributed by atoms with van der Waals surface area (Å²) in [7, 11) is 0. The van der Waals surface area contributed by atoms with E-state index in [-0.39, 0.29) is 12.2 Å². The summed E-state index contributed by atoms with van der Waals surface area (Å²) >= 11 is 0. The van der Waals surface area contributed by atoms with Gasteiger partial charge in [-0.25, -0.2) is 0 Å². The molecule has 0 spiro atoms. The Bertz CT molecular complexity index is 650. The van der Waals surface area contributed by atoms with E-state index in [9.17, 15) is 4.79 Å². The number of benzene rings is 1. The molecule has 1 aliphatic heterocycles. The van der Waals surface area contributed by atoms with Crippen LogP contribution in [-0.4, -0.2) is 29.3 Å². The van der Waals surface area contributed by atoms with Crippen LogP contribution in [0.2, 0.25) is 0 Å². The molecule has 1 atom stereocenters. The number of fused-ring (bicyclic) bond motifs is 1. The van der Waals surface area contributed by atoms with Gasteiger partial charge in [-0.2, -0.15) is 0 Å². The molecule has 20 heavy (non-hydrogen) atoms. The normalized spacial score (nSPS) is 18.9. The van der Waals surface area contributed by atoms with Crippen molar-refractivity contribution in [2.45, 2.75) is 31.7 Å². The lowest BCUT2D eigenvalue weighted by Gasteiger charge is -2.26. The van der Waals surface area contributed by atoms with Crippen molar-refractivity contribution in [2.24, 2.45) is 0 Å². The smallest absolute Gasteiger partial charge is 0.257 e. The van der Waals surface area contributed by atoms with Gasteiger partial charge in [-0.15, -0.1) is 0 Å². The third-order valence-corrected chi connectivity index (χ3v) is 4.12. The fourth-order valence-corrected chi connectivity index (χ4v) is 3.13. The molecule has 0 saturated carbocycles. The molecule has 1 fully saturated rings. The van der Waals surface area contributed by atoms with E-state index in [0.717, 1.165) is 48.8 Å². The van der Waals surface area contributed by atoms with Gasteiger partial charge in [-0.05, 0) is 43.2 Å². The zero-order valence-corrected chi connectivity index (χ0v) is 11.5. The lowest BCUT2D eigenvalue weighted by molar-refractivity contribution is 0.279. The Morgan fingerprint density at radius 2 is 2.20 bits per heavy atom. The molecule has 1 aromatic carbocycles. The number of hydrogen-bond donors (Lipinski definition) is 2. The van der Waals surface area contributed by atoms with Crippen molar-refractivity contribution in [2.75, 3.05) is 18.1 Å². The monoisotopic (exact) mass is 272 g/mol. The second-order valence-corrected chi connectivity index (χ2v) is 5.43. The zero-order valence-electron chi connectivity index (χ0n) is 11.5. The lowest BCUT2D eigenvalue weighted by atomic mass is 10.1. The van der Waals surface area contributed by atoms with Crippen molar-refractivity contribution < 1.29 is 5.11 Å². The average Bonchev–Trinajstić information content (AvgIpc) is 2.93. The SMILES string of the molecule is O=c1[nH]c(N2CCCC2CCCO)cc2ccccc12. The first-order valence-electron chi connectivity index (χ1n) is 7.29. The predicted octanol–water partition coefficient (Wildman–Crippen LogP) is 2.27. The number of aliphatic hydroxyl groups is 1. The molecule has 4 heteroatoms. The summed E-state index contributed by atoms with van der Waals surface area (Å²) in [5.41, 5.74) is -0.0223. The van der Waals surface area contributed by atoms with Crippen LogP contribution < -0.4 is 10.5 Å². The number of aliphatic hydroxyl groups excluding tert-OH is 1. The molecule has 1 unspecified atom stereocenters. The number of aromatic amines is 1. The van der Waals surface area contributed by atoms with Crippen LogP contribution in [0, 0.1) is 0 Å². The fourth-order valence-electron chi connectivity index (χ4n) is 3.13. The third kappa shape index (κ3) is 2.43. The van der Waals surface area contributed by atoms with Gasteiger partial charge in [-0.3, -0.25) is 4.79 Å². The summed E-state index contributed by atoms with van der Waals surface area (Å²) < 4.78 is 0. The first-order chi connectivity index (χ1) is 9.79. The van der Waals surface area contributed by atoms with Crippen LogP contribution in [-0.2, 0) is 0 Å². The molecule has 2 aromatic rings. The van der Waals surface area contributed by atoms with E-state index in [4.69, 9.17) is 5.11 Å². The number of rotatable bonds is 4. The summed E-state index contributed by atoms with van der Waals surface area (Å²) in [6.07, 6.45) is 4.07. The third-order valence-electron chi connectivity index (χ3n) is 4.12. The van der Waals surface area contributed by atoms with Crippen molar-refractivity contribution in [3.05, 3.63) is 40.7 Å². The van der Waals surface area contributed by atoms with Crippen LogP contribution in [0.5, 0.6) is 0 Å². The zero-order chi connectivity index (χ0) is 13.9. The molecule has 3 rings (SSSR count). The number of H-pyrrole nitrogens is 1. The number of nitrogens with one attached hydrogen (secondary N) is 1. The summed E-state index contributed by atoms with van der Waals surface area (Å²) in [6.45, 7) is 1.21. The Morgan fingerprint density at radius 3 is 3.05 bits per heavy atom. The van der Waals surface area contributed by atoms with E-state index >= 15 is 0 Å². The van der Waals surface area contributed by atoms with Crippen molar-refractivity contribution >= 4 is 16.6 Å². The van der Waals surface area contributed by atoms with E-state index in [1.165, 1.54) is 0 Å². The Balaban J connectivity index is 1.95. The Morgan fingerprint density at radius 1 is 1.35 bits per heavy atom. The van der Waals surface area contributed by atoms with Gasteiger partial charge in [0.15, 0.2) is 0 Å². The maximum atomic E-state index is 12.2. The quantitative estimate of drug-likeness (QED) is 0.897. The Kier molecular flexibility index (Phi) is 3.74. The second-order valence-electron chi connectivity index (χ2n) is 5.43. The van der Waals surface area contributed by atoms with Gasteiger partial charge in [0.1, 0.15) is 5.82 Å². The molecule has 4 nitrogen and oxygen atoms in total. The lowest BCUT2D eigenvalue weighted by Crippen LogP contribution is -2.31. The molecule has 1 aliphatic rings. The van der Waals surface area contributed by atoms with Crippen LogP contribution >= 0.6 is 0 Å². The number of aromatic nitrogens is 1. The van der Waals surface area contributed by atoms with Crippen LogP contribution in [0.15, 0.2) is 35.1 Å². The summed E-state index contributed by atoms with van der Waals surface area (Å²) in [4.78, 5) is 17.4. The number of hydrogen-bond acceptors (Lipinski definition) is 3. The highest BCUT2D eigenvalue weighted by Crippen LogP contribution is 2.27. The second kappa shape index (κ2) is 5.67. The van der Waals surface area contributed by atoms with Crippen LogP contribution in [0.4, 0.5) is 5.82 Å². The molecular formula is C16H20N2O2. The highest BCUT2D eigenvalue weighted by Gasteiger charge is 2.25. The first-order valence-corrected chi connectivity index (χ1v) is 7.29. The number of nitrogens with zero attached hydrogens (tertiary/aromatic N) is 1. The summed E-state index contributed by atoms with van der Waals surface area (Å²) in [6, 6.07) is 10.2. The molecule has 0 radical (unpaired) electrons. The van der Waals surface area contributed by atoms with Crippen LogP contribution in [0.25, 0.3) is 10.8 Å². The van der Waals surface area contributed by atoms with Crippen molar-refractivity contribution in [1.29, 1.82) is 0 Å². The molecule has 0 amide bonds. The Labute approximate surface area is 118 Å². The maximum Gasteiger partial charge on any atom is 0.257 e. The topological polar surface area (TPSA) is 56.3 Å². The minimum Gasteiger partial charge on any atom is -0.396 e. The van der Waals surface area contributed by atoms with Gasteiger partial charge >= 0.3 is 0 Å². The average molecular weight is 272 g/mol. The minimum atomic E-state index is -0.0223. The molecule has 106 valence electrons.